The predicted octanol–water partition coefficient (Wildman–Crippen LogP) is 3.17. The number of para-hydroxylation sites is 1. The third kappa shape index (κ3) is 5.09. The Kier molecular flexibility index (Phi) is 6.49. The van der Waals surface area contributed by atoms with Crippen LogP contribution in [0.15, 0.2) is 29.4 Å². The van der Waals surface area contributed by atoms with Gasteiger partial charge in [0.2, 0.25) is 5.91 Å². The largest absolute Gasteiger partial charge is 0.372 e. The molecular formula is C19H25N5O2S. The van der Waals surface area contributed by atoms with Gasteiger partial charge in [0.05, 0.1) is 11.3 Å². The summed E-state index contributed by atoms with van der Waals surface area (Å²) in [5, 5.41) is 9.79. The first kappa shape index (κ1) is 19.4. The first-order chi connectivity index (χ1) is 13.1. The lowest BCUT2D eigenvalue weighted by molar-refractivity contribution is -0.117. The van der Waals surface area contributed by atoms with Gasteiger partial charge in [-0.2, -0.15) is 0 Å². The molecular weight excluding hydrogens is 362 g/mol. The Bertz CT molecular complexity index is 829. The third-order valence-electron chi connectivity index (χ3n) is 4.83. The van der Waals surface area contributed by atoms with Gasteiger partial charge in [0.1, 0.15) is 5.82 Å². The topological polar surface area (TPSA) is 96.0 Å². The molecule has 0 spiro atoms. The molecule has 3 amide bonds. The zero-order valence-corrected chi connectivity index (χ0v) is 16.4. The number of aromatic nitrogens is 2. The molecule has 1 aromatic carbocycles. The standard InChI is InChI=1S/C19H25N5O2S/c1-12-7-3-5-9-14(12)21-18(26)23-16(25)11-27-19-22-15-10-6-4-8-13(15)17(20-2)24-19/h4,6,8,10,12,14H,3,5,7,9,11H2,1-2H3,(H,20,22,24)(H2,21,23,25,26)/t12-,14+/m1/s1. The van der Waals surface area contributed by atoms with Gasteiger partial charge >= 0.3 is 6.03 Å². The highest BCUT2D eigenvalue weighted by Gasteiger charge is 2.23. The average Bonchev–Trinajstić information content (AvgIpc) is 2.67. The Labute approximate surface area is 163 Å². The fourth-order valence-electron chi connectivity index (χ4n) is 3.34. The van der Waals surface area contributed by atoms with E-state index in [-0.39, 0.29) is 17.7 Å². The molecule has 3 rings (SSSR count). The fraction of sp³-hybridized carbons (Fsp3) is 0.474. The van der Waals surface area contributed by atoms with E-state index in [1.807, 2.05) is 24.3 Å². The number of anilines is 1. The van der Waals surface area contributed by atoms with Crippen LogP contribution in [0.2, 0.25) is 0 Å². The van der Waals surface area contributed by atoms with Crippen LogP contribution in [-0.2, 0) is 4.79 Å². The van der Waals surface area contributed by atoms with E-state index in [0.29, 0.717) is 16.9 Å². The average molecular weight is 388 g/mol. The van der Waals surface area contributed by atoms with Crippen LogP contribution in [0.4, 0.5) is 10.6 Å². The molecule has 1 saturated carbocycles. The van der Waals surface area contributed by atoms with E-state index in [4.69, 9.17) is 0 Å². The highest BCUT2D eigenvalue weighted by molar-refractivity contribution is 7.99. The smallest absolute Gasteiger partial charge is 0.321 e. The molecule has 2 aromatic rings. The number of hydrogen-bond donors (Lipinski definition) is 3. The molecule has 144 valence electrons. The summed E-state index contributed by atoms with van der Waals surface area (Å²) in [6.07, 6.45) is 4.40. The molecule has 0 saturated heterocycles. The summed E-state index contributed by atoms with van der Waals surface area (Å²) in [5.74, 6) is 0.881. The van der Waals surface area contributed by atoms with Crippen molar-refractivity contribution in [3.05, 3.63) is 24.3 Å². The molecule has 1 aliphatic rings. The molecule has 0 unspecified atom stereocenters. The highest BCUT2D eigenvalue weighted by Crippen LogP contribution is 2.24. The zero-order chi connectivity index (χ0) is 19.2. The summed E-state index contributed by atoms with van der Waals surface area (Å²) in [6, 6.07) is 7.40. The van der Waals surface area contributed by atoms with Crippen molar-refractivity contribution in [2.75, 3.05) is 18.1 Å². The number of hydrogen-bond acceptors (Lipinski definition) is 6. The number of carbonyl (C=O) groups is 2. The SMILES string of the molecule is CNc1nc(SCC(=O)NC(=O)N[C@H]2CCCC[C@H]2C)nc2ccccc12. The summed E-state index contributed by atoms with van der Waals surface area (Å²) in [7, 11) is 1.80. The highest BCUT2D eigenvalue weighted by atomic mass is 32.2. The summed E-state index contributed by atoms with van der Waals surface area (Å²) in [5.41, 5.74) is 0.809. The van der Waals surface area contributed by atoms with E-state index in [2.05, 4.69) is 32.8 Å². The normalized spacial score (nSPS) is 19.5. The quantitative estimate of drug-likeness (QED) is 0.539. The van der Waals surface area contributed by atoms with E-state index in [9.17, 15) is 9.59 Å². The number of fused-ring (bicyclic) bond motifs is 1. The molecule has 1 heterocycles. The van der Waals surface area contributed by atoms with Crippen LogP contribution in [0.25, 0.3) is 10.9 Å². The molecule has 8 heteroatoms. The van der Waals surface area contributed by atoms with Gasteiger partial charge in [-0.15, -0.1) is 0 Å². The fourth-order valence-corrected chi connectivity index (χ4v) is 3.99. The molecule has 1 aromatic heterocycles. The maximum atomic E-state index is 12.1. The van der Waals surface area contributed by atoms with E-state index in [0.717, 1.165) is 30.2 Å². The first-order valence-corrected chi connectivity index (χ1v) is 10.2. The maximum absolute atomic E-state index is 12.1. The first-order valence-electron chi connectivity index (χ1n) is 9.24. The van der Waals surface area contributed by atoms with Gasteiger partial charge in [-0.1, -0.05) is 43.7 Å². The van der Waals surface area contributed by atoms with Crippen molar-refractivity contribution >= 4 is 40.4 Å². The van der Waals surface area contributed by atoms with Crippen LogP contribution in [-0.4, -0.2) is 40.7 Å². The minimum Gasteiger partial charge on any atom is -0.372 e. The van der Waals surface area contributed by atoms with Gasteiger partial charge < -0.3 is 10.6 Å². The van der Waals surface area contributed by atoms with Crippen molar-refractivity contribution in [1.29, 1.82) is 0 Å². The summed E-state index contributed by atoms with van der Waals surface area (Å²) in [4.78, 5) is 33.1. The van der Waals surface area contributed by atoms with Crippen LogP contribution >= 0.6 is 11.8 Å². The molecule has 1 aliphatic carbocycles. The Morgan fingerprint density at radius 2 is 1.96 bits per heavy atom. The van der Waals surface area contributed by atoms with Crippen molar-refractivity contribution in [3.8, 4) is 0 Å². The number of nitrogens with zero attached hydrogens (tertiary/aromatic N) is 2. The van der Waals surface area contributed by atoms with Gasteiger partial charge in [0.15, 0.2) is 5.16 Å². The van der Waals surface area contributed by atoms with Gasteiger partial charge in [-0.3, -0.25) is 10.1 Å². The Balaban J connectivity index is 1.54. The zero-order valence-electron chi connectivity index (χ0n) is 15.6. The molecule has 2 atom stereocenters. The van der Waals surface area contributed by atoms with Crippen molar-refractivity contribution in [2.24, 2.45) is 5.92 Å². The van der Waals surface area contributed by atoms with E-state index < -0.39 is 6.03 Å². The van der Waals surface area contributed by atoms with Crippen molar-refractivity contribution in [2.45, 2.75) is 43.8 Å². The van der Waals surface area contributed by atoms with Crippen LogP contribution < -0.4 is 16.0 Å². The predicted molar refractivity (Wildman–Crippen MR) is 108 cm³/mol. The summed E-state index contributed by atoms with van der Waals surface area (Å²) in [6.45, 7) is 2.14. The van der Waals surface area contributed by atoms with Crippen molar-refractivity contribution in [3.63, 3.8) is 0 Å². The molecule has 7 nitrogen and oxygen atoms in total. The molecule has 27 heavy (non-hydrogen) atoms. The molecule has 1 fully saturated rings. The van der Waals surface area contributed by atoms with Gasteiger partial charge in [-0.25, -0.2) is 14.8 Å². The number of imide groups is 1. The second kappa shape index (κ2) is 9.03. The number of rotatable bonds is 5. The number of amides is 3. The Morgan fingerprint density at radius 3 is 2.74 bits per heavy atom. The second-order valence-corrected chi connectivity index (χ2v) is 7.74. The minimum atomic E-state index is -0.422. The third-order valence-corrected chi connectivity index (χ3v) is 5.68. The number of benzene rings is 1. The lowest BCUT2D eigenvalue weighted by atomic mass is 9.86. The monoisotopic (exact) mass is 387 g/mol. The number of nitrogens with one attached hydrogen (secondary N) is 3. The summed E-state index contributed by atoms with van der Waals surface area (Å²) >= 11 is 1.21. The van der Waals surface area contributed by atoms with E-state index in [1.54, 1.807) is 7.05 Å². The van der Waals surface area contributed by atoms with Crippen LogP contribution in [0, 0.1) is 5.92 Å². The molecule has 3 N–H and O–H groups in total. The molecule has 0 aliphatic heterocycles. The Morgan fingerprint density at radius 1 is 1.19 bits per heavy atom. The van der Waals surface area contributed by atoms with Crippen LogP contribution in [0.1, 0.15) is 32.6 Å². The van der Waals surface area contributed by atoms with Crippen LogP contribution in [0.5, 0.6) is 0 Å². The van der Waals surface area contributed by atoms with Crippen LogP contribution in [0.3, 0.4) is 0 Å². The van der Waals surface area contributed by atoms with Gasteiger partial charge in [0, 0.05) is 18.5 Å². The molecule has 0 bridgehead atoms. The van der Waals surface area contributed by atoms with Gasteiger partial charge in [-0.05, 0) is 30.9 Å². The van der Waals surface area contributed by atoms with Gasteiger partial charge in [0.25, 0.3) is 0 Å². The van der Waals surface area contributed by atoms with E-state index >= 15 is 0 Å². The van der Waals surface area contributed by atoms with Crippen molar-refractivity contribution in [1.82, 2.24) is 20.6 Å². The molecule has 0 radical (unpaired) electrons. The van der Waals surface area contributed by atoms with Crippen molar-refractivity contribution < 1.29 is 9.59 Å². The second-order valence-electron chi connectivity index (χ2n) is 6.80. The number of urea groups is 1. The Hall–Kier alpha value is -2.35. The lowest BCUT2D eigenvalue weighted by Gasteiger charge is -2.29. The number of thioether (sulfide) groups is 1. The number of carbonyl (C=O) groups excluding carboxylic acids is 2. The maximum Gasteiger partial charge on any atom is 0.321 e. The van der Waals surface area contributed by atoms with E-state index in [1.165, 1.54) is 18.2 Å². The lowest BCUT2D eigenvalue weighted by Crippen LogP contribution is -2.48. The summed E-state index contributed by atoms with van der Waals surface area (Å²) < 4.78 is 0. The minimum absolute atomic E-state index is 0.0785.